The molecule has 0 heterocycles. The first-order valence-electron chi connectivity index (χ1n) is 6.03. The number of hydrogen-bond acceptors (Lipinski definition) is 6. The van der Waals surface area contributed by atoms with Crippen LogP contribution in [-0.2, 0) is 9.53 Å². The summed E-state index contributed by atoms with van der Waals surface area (Å²) >= 11 is 0. The zero-order valence-electron chi connectivity index (χ0n) is 11.8. The summed E-state index contributed by atoms with van der Waals surface area (Å²) < 4.78 is 15.3. The van der Waals surface area contributed by atoms with Gasteiger partial charge in [0.05, 0.1) is 39.1 Å². The van der Waals surface area contributed by atoms with Crippen molar-refractivity contribution in [3.05, 3.63) is 30.0 Å². The second-order valence-electron chi connectivity index (χ2n) is 3.76. The van der Waals surface area contributed by atoms with Gasteiger partial charge in [0.25, 0.3) is 0 Å². The number of esters is 1. The van der Waals surface area contributed by atoms with Crippen molar-refractivity contribution in [1.29, 1.82) is 0 Å². The summed E-state index contributed by atoms with van der Waals surface area (Å²) in [6.07, 6.45) is 1.47. The third-order valence-corrected chi connectivity index (χ3v) is 2.61. The van der Waals surface area contributed by atoms with Crippen LogP contribution in [0.4, 0.5) is 0 Å². The lowest BCUT2D eigenvalue weighted by Gasteiger charge is -2.14. The minimum absolute atomic E-state index is 0.0476. The highest BCUT2D eigenvalue weighted by atomic mass is 16.5. The van der Waals surface area contributed by atoms with Gasteiger partial charge in [-0.3, -0.25) is 0 Å². The first-order valence-corrected chi connectivity index (χ1v) is 6.03. The van der Waals surface area contributed by atoms with E-state index in [4.69, 9.17) is 19.3 Å². The van der Waals surface area contributed by atoms with Crippen molar-refractivity contribution < 1.29 is 24.1 Å². The molecule has 2 N–H and O–H groups in total. The van der Waals surface area contributed by atoms with Gasteiger partial charge >= 0.3 is 5.97 Å². The van der Waals surface area contributed by atoms with Crippen LogP contribution in [0.15, 0.2) is 24.4 Å². The van der Waals surface area contributed by atoms with Crippen molar-refractivity contribution in [2.75, 3.05) is 34.5 Å². The molecule has 0 saturated carbocycles. The number of carbonyl (C=O) groups is 1. The molecule has 20 heavy (non-hydrogen) atoms. The smallest absolute Gasteiger partial charge is 0.340 e. The monoisotopic (exact) mass is 281 g/mol. The Bertz CT molecular complexity index is 462. The third kappa shape index (κ3) is 3.64. The first kappa shape index (κ1) is 15.8. The van der Waals surface area contributed by atoms with Gasteiger partial charge in [0.2, 0.25) is 0 Å². The fourth-order valence-electron chi connectivity index (χ4n) is 1.70. The molecule has 0 saturated heterocycles. The molecule has 0 unspecified atom stereocenters. The number of hydrogen-bond donors (Lipinski definition) is 2. The average Bonchev–Trinajstić information content (AvgIpc) is 2.50. The Labute approximate surface area is 118 Å². The molecular weight excluding hydrogens is 262 g/mol. The van der Waals surface area contributed by atoms with Crippen molar-refractivity contribution in [3.63, 3.8) is 0 Å². The SMILES string of the molecule is COC(=O)/C(=C\NCCO)c1c(OC)cccc1OC. The van der Waals surface area contributed by atoms with Gasteiger partial charge in [-0.1, -0.05) is 6.07 Å². The molecule has 1 rings (SSSR count). The highest BCUT2D eigenvalue weighted by Crippen LogP contribution is 2.34. The quantitative estimate of drug-likeness (QED) is 0.437. The Hall–Kier alpha value is -2.21. The largest absolute Gasteiger partial charge is 0.496 e. The maximum absolute atomic E-state index is 11.9. The third-order valence-electron chi connectivity index (χ3n) is 2.61. The zero-order chi connectivity index (χ0) is 15.0. The number of aliphatic hydroxyl groups is 1. The van der Waals surface area contributed by atoms with Gasteiger partial charge in [0.15, 0.2) is 0 Å². The van der Waals surface area contributed by atoms with Crippen LogP contribution in [0.1, 0.15) is 5.56 Å². The highest BCUT2D eigenvalue weighted by Gasteiger charge is 2.21. The van der Waals surface area contributed by atoms with Crippen molar-refractivity contribution in [3.8, 4) is 11.5 Å². The molecule has 0 fully saturated rings. The van der Waals surface area contributed by atoms with E-state index in [1.807, 2.05) is 0 Å². The Kier molecular flexibility index (Phi) is 6.39. The van der Waals surface area contributed by atoms with E-state index in [0.717, 1.165) is 0 Å². The maximum atomic E-state index is 11.9. The van der Waals surface area contributed by atoms with Crippen LogP contribution in [0.25, 0.3) is 5.57 Å². The van der Waals surface area contributed by atoms with Gasteiger partial charge in [-0.05, 0) is 12.1 Å². The summed E-state index contributed by atoms with van der Waals surface area (Å²) in [6, 6.07) is 5.21. The molecule has 0 spiro atoms. The van der Waals surface area contributed by atoms with E-state index < -0.39 is 5.97 Å². The molecule has 0 bridgehead atoms. The van der Waals surface area contributed by atoms with E-state index in [2.05, 4.69) is 5.32 Å². The predicted octanol–water partition coefficient (Wildman–Crippen LogP) is 0.800. The summed E-state index contributed by atoms with van der Waals surface area (Å²) in [4.78, 5) is 11.9. The summed E-state index contributed by atoms with van der Waals surface area (Å²) in [6.45, 7) is 0.270. The Morgan fingerprint density at radius 2 is 1.85 bits per heavy atom. The van der Waals surface area contributed by atoms with E-state index in [1.54, 1.807) is 18.2 Å². The molecule has 110 valence electrons. The molecule has 0 atom stereocenters. The lowest BCUT2D eigenvalue weighted by Crippen LogP contribution is -2.15. The van der Waals surface area contributed by atoms with Crippen LogP contribution in [0.3, 0.4) is 0 Å². The second-order valence-corrected chi connectivity index (χ2v) is 3.76. The first-order chi connectivity index (χ1) is 9.69. The molecule has 1 aromatic rings. The summed E-state index contributed by atoms with van der Waals surface area (Å²) in [5, 5.41) is 11.6. The lowest BCUT2D eigenvalue weighted by molar-refractivity contribution is -0.133. The van der Waals surface area contributed by atoms with Crippen LogP contribution < -0.4 is 14.8 Å². The van der Waals surface area contributed by atoms with Crippen molar-refractivity contribution in [1.82, 2.24) is 5.32 Å². The molecule has 0 aromatic heterocycles. The van der Waals surface area contributed by atoms with E-state index in [-0.39, 0.29) is 12.2 Å². The number of rotatable bonds is 7. The summed E-state index contributed by atoms with van der Waals surface area (Å²) in [5.74, 6) is 0.455. The zero-order valence-corrected chi connectivity index (χ0v) is 11.8. The molecule has 0 aliphatic rings. The Morgan fingerprint density at radius 3 is 2.30 bits per heavy atom. The number of benzene rings is 1. The number of methoxy groups -OCH3 is 3. The lowest BCUT2D eigenvalue weighted by atomic mass is 10.0. The molecule has 6 nitrogen and oxygen atoms in total. The van der Waals surface area contributed by atoms with E-state index in [1.165, 1.54) is 27.5 Å². The van der Waals surface area contributed by atoms with Gasteiger partial charge in [0.1, 0.15) is 11.5 Å². The van der Waals surface area contributed by atoms with E-state index in [9.17, 15) is 4.79 Å². The molecule has 0 aliphatic heterocycles. The number of ether oxygens (including phenoxy) is 3. The van der Waals surface area contributed by atoms with Crippen LogP contribution >= 0.6 is 0 Å². The highest BCUT2D eigenvalue weighted by molar-refractivity contribution is 6.18. The summed E-state index contributed by atoms with van der Waals surface area (Å²) in [5.41, 5.74) is 0.755. The molecule has 6 heteroatoms. The maximum Gasteiger partial charge on any atom is 0.340 e. The molecule has 0 radical (unpaired) electrons. The molecule has 0 amide bonds. The van der Waals surface area contributed by atoms with Gasteiger partial charge < -0.3 is 24.6 Å². The van der Waals surface area contributed by atoms with Gasteiger partial charge in [0, 0.05) is 12.7 Å². The van der Waals surface area contributed by atoms with Gasteiger partial charge in [-0.15, -0.1) is 0 Å². The van der Waals surface area contributed by atoms with Crippen molar-refractivity contribution in [2.45, 2.75) is 0 Å². The standard InChI is InChI=1S/C14H19NO5/c1-18-11-5-4-6-12(19-2)13(11)10(14(17)20-3)9-15-7-8-16/h4-6,9,15-16H,7-8H2,1-3H3/b10-9-. The average molecular weight is 281 g/mol. The van der Waals surface area contributed by atoms with Crippen LogP contribution in [0.5, 0.6) is 11.5 Å². The normalized spacial score (nSPS) is 10.9. The van der Waals surface area contributed by atoms with Gasteiger partial charge in [-0.25, -0.2) is 4.79 Å². The number of nitrogens with one attached hydrogen (secondary N) is 1. The van der Waals surface area contributed by atoms with Crippen LogP contribution in [-0.4, -0.2) is 45.6 Å². The van der Waals surface area contributed by atoms with Crippen LogP contribution in [0.2, 0.25) is 0 Å². The number of carbonyl (C=O) groups excluding carboxylic acids is 1. The fourth-order valence-corrected chi connectivity index (χ4v) is 1.70. The summed E-state index contributed by atoms with van der Waals surface area (Å²) in [7, 11) is 4.31. The number of aliphatic hydroxyl groups excluding tert-OH is 1. The molecular formula is C14H19NO5. The van der Waals surface area contributed by atoms with E-state index in [0.29, 0.717) is 23.6 Å². The predicted molar refractivity (Wildman–Crippen MR) is 74.6 cm³/mol. The minimum Gasteiger partial charge on any atom is -0.496 e. The topological polar surface area (TPSA) is 77.0 Å². The Morgan fingerprint density at radius 1 is 1.25 bits per heavy atom. The molecule has 0 aliphatic carbocycles. The van der Waals surface area contributed by atoms with Crippen LogP contribution in [0, 0.1) is 0 Å². The Balaban J connectivity index is 3.32. The van der Waals surface area contributed by atoms with Crippen molar-refractivity contribution in [2.24, 2.45) is 0 Å². The minimum atomic E-state index is -0.529. The second kappa shape index (κ2) is 8.06. The fraction of sp³-hybridized carbons (Fsp3) is 0.357. The molecule has 1 aromatic carbocycles. The van der Waals surface area contributed by atoms with E-state index >= 15 is 0 Å². The van der Waals surface area contributed by atoms with Crippen molar-refractivity contribution >= 4 is 11.5 Å². The van der Waals surface area contributed by atoms with Gasteiger partial charge in [-0.2, -0.15) is 0 Å².